The Labute approximate surface area is 157 Å². The molecular weight excluding hydrogens is 365 g/mol. The van der Waals surface area contributed by atoms with Gasteiger partial charge < -0.3 is 20.7 Å². The van der Waals surface area contributed by atoms with E-state index in [4.69, 9.17) is 5.11 Å². The third-order valence-corrected chi connectivity index (χ3v) is 4.26. The van der Waals surface area contributed by atoms with Crippen LogP contribution in [0, 0.1) is 17.3 Å². The second-order valence-electron chi connectivity index (χ2n) is 6.92. The van der Waals surface area contributed by atoms with Crippen LogP contribution in [0.5, 0.6) is 0 Å². The second kappa shape index (κ2) is 8.66. The van der Waals surface area contributed by atoms with Gasteiger partial charge in [-0.05, 0) is 18.2 Å². The minimum atomic E-state index is -1.57. The summed E-state index contributed by atoms with van der Waals surface area (Å²) in [4.78, 5) is 26.2. The van der Waals surface area contributed by atoms with Gasteiger partial charge in [0, 0.05) is 24.4 Å². The summed E-state index contributed by atoms with van der Waals surface area (Å²) < 4.78 is 14.5. The molecule has 0 saturated carbocycles. The van der Waals surface area contributed by atoms with Crippen molar-refractivity contribution in [3.05, 3.63) is 57.8 Å². The molecule has 1 aromatic heterocycles. The van der Waals surface area contributed by atoms with E-state index in [9.17, 15) is 14.0 Å². The molecule has 1 amide bonds. The number of halogens is 1. The zero-order valence-corrected chi connectivity index (χ0v) is 16.4. The Balaban J connectivity index is 2.31. The Kier molecular flexibility index (Phi) is 6.55. The number of aromatic nitrogens is 1. The van der Waals surface area contributed by atoms with Crippen LogP contribution in [0.2, 0.25) is 19.6 Å². The highest BCUT2D eigenvalue weighted by atomic mass is 28.3. The van der Waals surface area contributed by atoms with E-state index in [0.29, 0.717) is 5.56 Å². The second-order valence-corrected chi connectivity index (χ2v) is 11.7. The molecule has 0 saturated heterocycles. The molecule has 0 aliphatic rings. The molecule has 0 bridgehead atoms. The first-order chi connectivity index (χ1) is 12.7. The van der Waals surface area contributed by atoms with E-state index in [2.05, 4.69) is 46.7 Å². The van der Waals surface area contributed by atoms with E-state index < -0.39 is 25.4 Å². The monoisotopic (exact) mass is 387 g/mol. The molecule has 0 atom stereocenters. The fraction of sp³-hybridized carbons (Fsp3) is 0.263. The maximum absolute atomic E-state index is 14.5. The van der Waals surface area contributed by atoms with Crippen molar-refractivity contribution < 1.29 is 14.3 Å². The number of aliphatic hydroxyl groups excluding tert-OH is 1. The first kappa shape index (κ1) is 20.4. The summed E-state index contributed by atoms with van der Waals surface area (Å²) in [5.74, 6) is 1.94. The van der Waals surface area contributed by atoms with Crippen LogP contribution >= 0.6 is 0 Å². The van der Waals surface area contributed by atoms with Gasteiger partial charge in [0.15, 0.2) is 0 Å². The zero-order chi connectivity index (χ0) is 20.0. The summed E-state index contributed by atoms with van der Waals surface area (Å²) in [6.07, 6.45) is 1.24. The number of nitrogens with one attached hydrogen (secondary N) is 3. The smallest absolute Gasteiger partial charge is 0.254 e. The third-order valence-electron chi connectivity index (χ3n) is 3.39. The van der Waals surface area contributed by atoms with Crippen molar-refractivity contribution in [2.24, 2.45) is 0 Å². The molecule has 1 aromatic carbocycles. The van der Waals surface area contributed by atoms with Gasteiger partial charge in [-0.1, -0.05) is 25.6 Å². The maximum Gasteiger partial charge on any atom is 0.254 e. The minimum absolute atomic E-state index is 0.0657. The van der Waals surface area contributed by atoms with Crippen molar-refractivity contribution in [1.82, 2.24) is 10.3 Å². The summed E-state index contributed by atoms with van der Waals surface area (Å²) >= 11 is 0. The van der Waals surface area contributed by atoms with E-state index in [1.165, 1.54) is 24.4 Å². The molecule has 0 unspecified atom stereocenters. The Hall–Kier alpha value is -2.89. The number of anilines is 2. The van der Waals surface area contributed by atoms with E-state index in [0.717, 1.165) is 0 Å². The Bertz CT molecular complexity index is 955. The number of hydrogen-bond acceptors (Lipinski definition) is 4. The van der Waals surface area contributed by atoms with Crippen LogP contribution in [0.25, 0.3) is 0 Å². The van der Waals surface area contributed by atoms with Crippen LogP contribution in [0.1, 0.15) is 15.9 Å². The minimum Gasteiger partial charge on any atom is -0.395 e. The molecule has 0 aliphatic carbocycles. The Morgan fingerprint density at radius 1 is 1.26 bits per heavy atom. The number of aromatic amines is 1. The SMILES string of the molecule is C[Si](C)(C)C#Cc1ccc(Nc2cc(=O)[nH]cc2C(=O)NCCO)c(F)c1. The normalized spacial score (nSPS) is 10.7. The van der Waals surface area contributed by atoms with Gasteiger partial charge in [0.2, 0.25) is 5.56 Å². The van der Waals surface area contributed by atoms with E-state index in [1.54, 1.807) is 6.07 Å². The van der Waals surface area contributed by atoms with Gasteiger partial charge in [-0.15, -0.1) is 5.54 Å². The zero-order valence-electron chi connectivity index (χ0n) is 15.4. The van der Waals surface area contributed by atoms with Crippen molar-refractivity contribution in [1.29, 1.82) is 0 Å². The van der Waals surface area contributed by atoms with E-state index >= 15 is 0 Å². The fourth-order valence-electron chi connectivity index (χ4n) is 2.13. The largest absolute Gasteiger partial charge is 0.395 e. The average molecular weight is 387 g/mol. The molecule has 0 aliphatic heterocycles. The number of H-pyrrole nitrogens is 1. The van der Waals surface area contributed by atoms with E-state index in [1.807, 2.05) is 0 Å². The molecule has 4 N–H and O–H groups in total. The molecule has 27 heavy (non-hydrogen) atoms. The van der Waals surface area contributed by atoms with Crippen molar-refractivity contribution in [3.8, 4) is 11.5 Å². The third kappa shape index (κ3) is 6.09. The number of aliphatic hydroxyl groups is 1. The number of benzene rings is 1. The summed E-state index contributed by atoms with van der Waals surface area (Å²) in [7, 11) is -1.57. The Morgan fingerprint density at radius 3 is 2.63 bits per heavy atom. The summed E-state index contributed by atoms with van der Waals surface area (Å²) in [5, 5.41) is 14.1. The topological polar surface area (TPSA) is 94.2 Å². The van der Waals surface area contributed by atoms with Gasteiger partial charge >= 0.3 is 0 Å². The van der Waals surface area contributed by atoms with Crippen LogP contribution in [0.15, 0.2) is 35.3 Å². The van der Waals surface area contributed by atoms with Gasteiger partial charge in [0.25, 0.3) is 5.91 Å². The van der Waals surface area contributed by atoms with Crippen LogP contribution in [0.3, 0.4) is 0 Å². The first-order valence-corrected chi connectivity index (χ1v) is 11.9. The summed E-state index contributed by atoms with van der Waals surface area (Å²) in [6.45, 7) is 6.15. The quantitative estimate of drug-likeness (QED) is 0.467. The lowest BCUT2D eigenvalue weighted by Crippen LogP contribution is -2.28. The lowest BCUT2D eigenvalue weighted by molar-refractivity contribution is 0.0945. The molecule has 142 valence electrons. The number of pyridine rings is 1. The average Bonchev–Trinajstić information content (AvgIpc) is 2.59. The van der Waals surface area contributed by atoms with Crippen molar-refractivity contribution >= 4 is 25.4 Å². The molecule has 0 fully saturated rings. The van der Waals surface area contributed by atoms with Gasteiger partial charge in [-0.25, -0.2) is 4.39 Å². The Morgan fingerprint density at radius 2 is 2.00 bits per heavy atom. The highest BCUT2D eigenvalue weighted by Crippen LogP contribution is 2.22. The van der Waals surface area contributed by atoms with Crippen LogP contribution in [-0.4, -0.2) is 37.2 Å². The first-order valence-electron chi connectivity index (χ1n) is 8.41. The van der Waals surface area contributed by atoms with Crippen LogP contribution in [0.4, 0.5) is 15.8 Å². The summed E-state index contributed by atoms with van der Waals surface area (Å²) in [6, 6.07) is 5.68. The number of carbonyl (C=O) groups excluding carboxylic acids is 1. The number of rotatable bonds is 5. The number of amides is 1. The van der Waals surface area contributed by atoms with Crippen LogP contribution < -0.4 is 16.2 Å². The molecule has 2 rings (SSSR count). The number of hydrogen-bond donors (Lipinski definition) is 4. The van der Waals surface area contributed by atoms with Gasteiger partial charge in [-0.3, -0.25) is 9.59 Å². The fourth-order valence-corrected chi connectivity index (χ4v) is 2.65. The van der Waals surface area contributed by atoms with Crippen molar-refractivity contribution in [2.75, 3.05) is 18.5 Å². The van der Waals surface area contributed by atoms with Gasteiger partial charge in [-0.2, -0.15) is 0 Å². The predicted octanol–water partition coefficient (Wildman–Crippen LogP) is 2.21. The summed E-state index contributed by atoms with van der Waals surface area (Å²) in [5.41, 5.74) is 3.71. The molecule has 8 heteroatoms. The predicted molar refractivity (Wildman–Crippen MR) is 106 cm³/mol. The standard InChI is InChI=1S/C19H22FN3O3Si/c1-27(2,3)9-6-13-4-5-16(15(20)10-13)23-17-11-18(25)22-12-14(17)19(26)21-7-8-24/h4-5,10-12,24H,7-8H2,1-3H3,(H,21,26)(H2,22,23,25). The van der Waals surface area contributed by atoms with Gasteiger partial charge in [0.05, 0.1) is 23.5 Å². The molecule has 1 heterocycles. The molecule has 2 aromatic rings. The maximum atomic E-state index is 14.5. The van der Waals surface area contributed by atoms with Crippen molar-refractivity contribution in [3.63, 3.8) is 0 Å². The highest BCUT2D eigenvalue weighted by molar-refractivity contribution is 6.83. The molecule has 0 radical (unpaired) electrons. The van der Waals surface area contributed by atoms with Crippen molar-refractivity contribution in [2.45, 2.75) is 19.6 Å². The molecular formula is C19H22FN3O3Si. The lowest BCUT2D eigenvalue weighted by atomic mass is 10.1. The number of carbonyl (C=O) groups is 1. The van der Waals surface area contributed by atoms with Gasteiger partial charge in [0.1, 0.15) is 13.9 Å². The highest BCUT2D eigenvalue weighted by Gasteiger charge is 2.14. The molecule has 6 nitrogen and oxygen atoms in total. The lowest BCUT2D eigenvalue weighted by Gasteiger charge is -2.12. The van der Waals surface area contributed by atoms with Crippen LogP contribution in [-0.2, 0) is 0 Å². The molecule has 0 spiro atoms. The van der Waals surface area contributed by atoms with E-state index in [-0.39, 0.29) is 30.1 Å².